The second-order valence-electron chi connectivity index (χ2n) is 2.09. The number of hydrogen-bond donors (Lipinski definition) is 0. The van der Waals surface area contributed by atoms with Gasteiger partial charge in [0.15, 0.2) is 0 Å². The summed E-state index contributed by atoms with van der Waals surface area (Å²) in [6.07, 6.45) is 7.31. The van der Waals surface area contributed by atoms with Crippen molar-refractivity contribution in [3.05, 3.63) is 36.0 Å². The van der Waals surface area contributed by atoms with E-state index in [-0.39, 0.29) is 0 Å². The van der Waals surface area contributed by atoms with Crippen LogP contribution in [0.1, 0.15) is 13.3 Å². The van der Waals surface area contributed by atoms with Gasteiger partial charge in [-0.3, -0.25) is 0 Å². The lowest BCUT2D eigenvalue weighted by molar-refractivity contribution is 1.19. The van der Waals surface area contributed by atoms with Gasteiger partial charge in [0.2, 0.25) is 0 Å². The smallest absolute Gasteiger partial charge is 0.00976 e. The van der Waals surface area contributed by atoms with Crippen molar-refractivity contribution < 1.29 is 0 Å². The van der Waals surface area contributed by atoms with Gasteiger partial charge < -0.3 is 0 Å². The number of allylic oxidation sites excluding steroid dienone is 5. The van der Waals surface area contributed by atoms with Gasteiger partial charge in [-0.2, -0.15) is 0 Å². The SMILES string of the molecule is C=C1CC=CC=C1C. The van der Waals surface area contributed by atoms with Gasteiger partial charge in [0.25, 0.3) is 0 Å². The molecule has 1 rings (SSSR count). The first-order valence-corrected chi connectivity index (χ1v) is 2.82. The van der Waals surface area contributed by atoms with Crippen LogP contribution in [0, 0.1) is 0 Å². The van der Waals surface area contributed by atoms with Crippen LogP contribution < -0.4 is 0 Å². The molecular weight excluding hydrogens is 96.1 g/mol. The topological polar surface area (TPSA) is 0 Å². The molecule has 0 bridgehead atoms. The Morgan fingerprint density at radius 1 is 1.62 bits per heavy atom. The van der Waals surface area contributed by atoms with E-state index >= 15 is 0 Å². The van der Waals surface area contributed by atoms with Crippen LogP contribution in [0.5, 0.6) is 0 Å². The van der Waals surface area contributed by atoms with Gasteiger partial charge in [-0.05, 0) is 24.5 Å². The fraction of sp³-hybridized carbons (Fsp3) is 0.250. The lowest BCUT2D eigenvalue weighted by Gasteiger charge is -2.04. The van der Waals surface area contributed by atoms with Gasteiger partial charge in [-0.15, -0.1) is 0 Å². The van der Waals surface area contributed by atoms with E-state index in [1.165, 1.54) is 11.1 Å². The van der Waals surface area contributed by atoms with Crippen LogP contribution in [-0.2, 0) is 0 Å². The van der Waals surface area contributed by atoms with E-state index in [0.29, 0.717) is 0 Å². The Labute approximate surface area is 50.2 Å². The molecule has 0 aromatic carbocycles. The molecule has 0 aliphatic heterocycles. The van der Waals surface area contributed by atoms with E-state index < -0.39 is 0 Å². The number of hydrogen-bond acceptors (Lipinski definition) is 0. The van der Waals surface area contributed by atoms with Crippen LogP contribution >= 0.6 is 0 Å². The molecule has 1 aliphatic carbocycles. The molecule has 0 spiro atoms. The maximum Gasteiger partial charge on any atom is -0.00976 e. The molecule has 42 valence electrons. The highest BCUT2D eigenvalue weighted by Gasteiger charge is 1.95. The summed E-state index contributed by atoms with van der Waals surface area (Å²) in [4.78, 5) is 0. The van der Waals surface area contributed by atoms with E-state index in [9.17, 15) is 0 Å². The van der Waals surface area contributed by atoms with Crippen molar-refractivity contribution in [3.8, 4) is 0 Å². The zero-order valence-electron chi connectivity index (χ0n) is 5.15. The van der Waals surface area contributed by atoms with Crippen molar-refractivity contribution in [2.45, 2.75) is 13.3 Å². The second kappa shape index (κ2) is 1.99. The molecule has 0 nitrogen and oxygen atoms in total. The Balaban J connectivity index is 2.80. The summed E-state index contributed by atoms with van der Waals surface area (Å²) < 4.78 is 0. The molecule has 0 aromatic heterocycles. The maximum absolute atomic E-state index is 3.88. The second-order valence-corrected chi connectivity index (χ2v) is 2.09. The molecule has 0 aromatic rings. The minimum Gasteiger partial charge on any atom is -0.0953 e. The minimum absolute atomic E-state index is 1.03. The summed E-state index contributed by atoms with van der Waals surface area (Å²) in [5.41, 5.74) is 2.56. The van der Waals surface area contributed by atoms with Crippen LogP contribution in [0.25, 0.3) is 0 Å². The first kappa shape index (κ1) is 5.36. The van der Waals surface area contributed by atoms with Gasteiger partial charge in [-0.25, -0.2) is 0 Å². The van der Waals surface area contributed by atoms with E-state index in [0.717, 1.165) is 6.42 Å². The van der Waals surface area contributed by atoms with Gasteiger partial charge in [0.05, 0.1) is 0 Å². The number of rotatable bonds is 0. The standard InChI is InChI=1S/C8H10/c1-7-5-3-4-6-8(7)2/h3-4,6H,1,5H2,2H3. The summed E-state index contributed by atoms with van der Waals surface area (Å²) >= 11 is 0. The van der Waals surface area contributed by atoms with Crippen molar-refractivity contribution in [1.29, 1.82) is 0 Å². The Kier molecular flexibility index (Phi) is 1.34. The molecule has 0 saturated heterocycles. The van der Waals surface area contributed by atoms with Crippen molar-refractivity contribution in [2.24, 2.45) is 0 Å². The molecule has 0 unspecified atom stereocenters. The summed E-state index contributed by atoms with van der Waals surface area (Å²) in [5, 5.41) is 0. The quantitative estimate of drug-likeness (QED) is 0.445. The van der Waals surface area contributed by atoms with Gasteiger partial charge >= 0.3 is 0 Å². The minimum atomic E-state index is 1.03. The van der Waals surface area contributed by atoms with E-state index in [1.54, 1.807) is 0 Å². The average Bonchev–Trinajstić information content (AvgIpc) is 1.77. The monoisotopic (exact) mass is 106 g/mol. The summed E-state index contributed by atoms with van der Waals surface area (Å²) in [6.45, 7) is 5.96. The van der Waals surface area contributed by atoms with Crippen LogP contribution in [0.3, 0.4) is 0 Å². The first-order chi connectivity index (χ1) is 3.80. The molecule has 0 saturated carbocycles. The van der Waals surface area contributed by atoms with Crippen LogP contribution in [-0.4, -0.2) is 0 Å². The van der Waals surface area contributed by atoms with Gasteiger partial charge in [0, 0.05) is 0 Å². The third-order valence-corrected chi connectivity index (χ3v) is 1.40. The fourth-order valence-corrected chi connectivity index (χ4v) is 0.702. The maximum atomic E-state index is 3.88. The van der Waals surface area contributed by atoms with Crippen molar-refractivity contribution >= 4 is 0 Å². The van der Waals surface area contributed by atoms with Crippen molar-refractivity contribution in [1.82, 2.24) is 0 Å². The van der Waals surface area contributed by atoms with Crippen LogP contribution in [0.15, 0.2) is 36.0 Å². The highest BCUT2D eigenvalue weighted by Crippen LogP contribution is 2.15. The predicted molar refractivity (Wildman–Crippen MR) is 36.7 cm³/mol. The molecule has 0 atom stereocenters. The zero-order valence-corrected chi connectivity index (χ0v) is 5.15. The summed E-state index contributed by atoms with van der Waals surface area (Å²) in [5.74, 6) is 0. The van der Waals surface area contributed by atoms with Crippen molar-refractivity contribution in [3.63, 3.8) is 0 Å². The lowest BCUT2D eigenvalue weighted by Crippen LogP contribution is -1.84. The van der Waals surface area contributed by atoms with E-state index in [1.807, 2.05) is 0 Å². The molecule has 0 amide bonds. The van der Waals surface area contributed by atoms with Crippen LogP contribution in [0.4, 0.5) is 0 Å². The molecule has 0 radical (unpaired) electrons. The third-order valence-electron chi connectivity index (χ3n) is 1.40. The predicted octanol–water partition coefficient (Wildman–Crippen LogP) is 2.45. The summed E-state index contributed by atoms with van der Waals surface area (Å²) in [7, 11) is 0. The molecule has 8 heavy (non-hydrogen) atoms. The first-order valence-electron chi connectivity index (χ1n) is 2.82. The normalized spacial score (nSPS) is 18.6. The zero-order chi connectivity index (χ0) is 5.98. The Bertz CT molecular complexity index is 159. The molecule has 0 heteroatoms. The highest BCUT2D eigenvalue weighted by molar-refractivity contribution is 5.35. The molecule has 0 fully saturated rings. The average molecular weight is 106 g/mol. The lowest BCUT2D eigenvalue weighted by atomic mass is 10.0. The molecule has 0 heterocycles. The Morgan fingerprint density at radius 2 is 2.38 bits per heavy atom. The molecule has 0 N–H and O–H groups in total. The molecular formula is C8H10. The van der Waals surface area contributed by atoms with E-state index in [4.69, 9.17) is 0 Å². The Morgan fingerprint density at radius 3 is 2.75 bits per heavy atom. The largest absolute Gasteiger partial charge is 0.0953 e. The van der Waals surface area contributed by atoms with Gasteiger partial charge in [0.1, 0.15) is 0 Å². The van der Waals surface area contributed by atoms with Crippen molar-refractivity contribution in [2.75, 3.05) is 0 Å². The van der Waals surface area contributed by atoms with Gasteiger partial charge in [-0.1, -0.05) is 24.8 Å². The third kappa shape index (κ3) is 0.890. The molecule has 1 aliphatic rings. The van der Waals surface area contributed by atoms with E-state index in [2.05, 4.69) is 31.7 Å². The highest BCUT2D eigenvalue weighted by atomic mass is 14.0. The Hall–Kier alpha value is -0.780. The fourth-order valence-electron chi connectivity index (χ4n) is 0.702. The summed E-state index contributed by atoms with van der Waals surface area (Å²) in [6, 6.07) is 0. The van der Waals surface area contributed by atoms with Crippen LogP contribution in [0.2, 0.25) is 0 Å².